The molecule has 1 saturated heterocycles. The van der Waals surface area contributed by atoms with E-state index >= 15 is 0 Å². The van der Waals surface area contributed by atoms with Crippen molar-refractivity contribution in [3.63, 3.8) is 0 Å². The highest BCUT2D eigenvalue weighted by Gasteiger charge is 2.26. The first-order valence-corrected chi connectivity index (χ1v) is 9.89. The number of nitrogens with one attached hydrogen (secondary N) is 2. The summed E-state index contributed by atoms with van der Waals surface area (Å²) in [6.45, 7) is 3.16. The van der Waals surface area contributed by atoms with Crippen molar-refractivity contribution in [3.8, 4) is 0 Å². The number of likely N-dealkylation sites (tertiary alicyclic amines) is 1. The van der Waals surface area contributed by atoms with Crippen molar-refractivity contribution in [2.24, 2.45) is 5.92 Å². The number of nitrogens with zero attached hydrogens (tertiary/aromatic N) is 1. The van der Waals surface area contributed by atoms with Crippen molar-refractivity contribution in [2.45, 2.75) is 24.7 Å². The average Bonchev–Trinajstić information content (AvgIpc) is 2.63. The molecule has 2 N–H and O–H groups in total. The zero-order chi connectivity index (χ0) is 19.3. The summed E-state index contributed by atoms with van der Waals surface area (Å²) in [5, 5.41) is 2.73. The quantitative estimate of drug-likeness (QED) is 0.702. The molecule has 0 unspecified atom stereocenters. The summed E-state index contributed by atoms with van der Waals surface area (Å²) in [6.07, 6.45) is 1.32. The third-order valence-corrected chi connectivity index (χ3v) is 6.08. The van der Waals surface area contributed by atoms with E-state index in [1.165, 1.54) is 20.2 Å². The molecule has 1 aliphatic heterocycles. The summed E-state index contributed by atoms with van der Waals surface area (Å²) >= 11 is 0. The first-order valence-electron chi connectivity index (χ1n) is 8.41. The maximum absolute atomic E-state index is 12.3. The molecule has 0 aliphatic carbocycles. The molecule has 1 aromatic carbocycles. The number of hydrogen-bond donors (Lipinski definition) is 2. The number of rotatable bonds is 6. The molecular formula is C17H25N3O5S. The number of hydrogen-bond acceptors (Lipinski definition) is 6. The summed E-state index contributed by atoms with van der Waals surface area (Å²) in [4.78, 5) is 25.9. The standard InChI is InChI=1S/C17H25N3O5S/c1-12-4-5-14(10-15(12)26(23,24)18-2)19-16(21)11-20-8-6-13(7-9-20)17(22)25-3/h4-5,10,13,18H,6-9,11H2,1-3H3,(H,19,21). The lowest BCUT2D eigenvalue weighted by Gasteiger charge is -2.29. The molecule has 0 atom stereocenters. The van der Waals surface area contributed by atoms with Crippen LogP contribution in [0.2, 0.25) is 0 Å². The van der Waals surface area contributed by atoms with Gasteiger partial charge in [-0.05, 0) is 57.6 Å². The topological polar surface area (TPSA) is 105 Å². The van der Waals surface area contributed by atoms with Gasteiger partial charge < -0.3 is 10.1 Å². The van der Waals surface area contributed by atoms with Crippen LogP contribution in [0.4, 0.5) is 5.69 Å². The van der Waals surface area contributed by atoms with Gasteiger partial charge in [-0.25, -0.2) is 13.1 Å². The molecule has 1 aromatic rings. The van der Waals surface area contributed by atoms with Crippen LogP contribution in [0.15, 0.2) is 23.1 Å². The second-order valence-electron chi connectivity index (χ2n) is 6.31. The molecule has 1 heterocycles. The second kappa shape index (κ2) is 8.61. The highest BCUT2D eigenvalue weighted by atomic mass is 32.2. The van der Waals surface area contributed by atoms with E-state index in [0.717, 1.165) is 0 Å². The van der Waals surface area contributed by atoms with Gasteiger partial charge in [0.15, 0.2) is 0 Å². The number of carbonyl (C=O) groups excluding carboxylic acids is 2. The Morgan fingerprint density at radius 3 is 2.50 bits per heavy atom. The lowest BCUT2D eigenvalue weighted by Crippen LogP contribution is -2.41. The van der Waals surface area contributed by atoms with Crippen LogP contribution in [0.1, 0.15) is 18.4 Å². The van der Waals surface area contributed by atoms with Gasteiger partial charge in [-0.15, -0.1) is 0 Å². The largest absolute Gasteiger partial charge is 0.469 e. The molecule has 1 aliphatic rings. The molecule has 1 fully saturated rings. The number of anilines is 1. The van der Waals surface area contributed by atoms with Gasteiger partial charge in [0.2, 0.25) is 15.9 Å². The Hall–Kier alpha value is -1.97. The van der Waals surface area contributed by atoms with E-state index in [2.05, 4.69) is 10.0 Å². The third-order valence-electron chi connectivity index (χ3n) is 4.52. The van der Waals surface area contributed by atoms with Crippen LogP contribution in [0.5, 0.6) is 0 Å². The van der Waals surface area contributed by atoms with E-state index < -0.39 is 10.0 Å². The molecule has 0 aromatic heterocycles. The normalized spacial score (nSPS) is 16.3. The minimum atomic E-state index is -3.59. The molecule has 9 heteroatoms. The Morgan fingerprint density at radius 1 is 1.27 bits per heavy atom. The summed E-state index contributed by atoms with van der Waals surface area (Å²) in [5.41, 5.74) is 1.03. The second-order valence-corrected chi connectivity index (χ2v) is 8.16. The van der Waals surface area contributed by atoms with E-state index in [0.29, 0.717) is 37.2 Å². The van der Waals surface area contributed by atoms with Gasteiger partial charge in [0, 0.05) is 5.69 Å². The summed E-state index contributed by atoms with van der Waals surface area (Å²) in [6, 6.07) is 4.77. The zero-order valence-corrected chi connectivity index (χ0v) is 16.1. The number of esters is 1. The van der Waals surface area contributed by atoms with E-state index in [1.807, 2.05) is 4.90 Å². The smallest absolute Gasteiger partial charge is 0.308 e. The number of aryl methyl sites for hydroxylation is 1. The van der Waals surface area contributed by atoms with E-state index in [4.69, 9.17) is 4.74 Å². The summed E-state index contributed by atoms with van der Waals surface area (Å²) < 4.78 is 31.1. The Balaban J connectivity index is 1.95. The van der Waals surface area contributed by atoms with E-state index in [-0.39, 0.29) is 29.2 Å². The molecule has 0 bridgehead atoms. The number of benzene rings is 1. The minimum absolute atomic E-state index is 0.106. The first kappa shape index (κ1) is 20.3. The SMILES string of the molecule is CNS(=O)(=O)c1cc(NC(=O)CN2CCC(C(=O)OC)CC2)ccc1C. The zero-order valence-electron chi connectivity index (χ0n) is 15.2. The van der Waals surface area contributed by atoms with Gasteiger partial charge in [0.25, 0.3) is 0 Å². The monoisotopic (exact) mass is 383 g/mol. The fourth-order valence-corrected chi connectivity index (χ4v) is 3.97. The predicted octanol–water partition coefficient (Wildman–Crippen LogP) is 0.727. The molecular weight excluding hydrogens is 358 g/mol. The van der Waals surface area contributed by atoms with Crippen molar-refractivity contribution in [2.75, 3.05) is 39.1 Å². The number of piperidine rings is 1. The first-order chi connectivity index (χ1) is 12.3. The van der Waals surface area contributed by atoms with Gasteiger partial charge in [-0.3, -0.25) is 14.5 Å². The van der Waals surface area contributed by atoms with Gasteiger partial charge in [0.1, 0.15) is 0 Å². The number of amides is 1. The average molecular weight is 383 g/mol. The number of ether oxygens (including phenoxy) is 1. The molecule has 8 nitrogen and oxygen atoms in total. The highest BCUT2D eigenvalue weighted by molar-refractivity contribution is 7.89. The number of carbonyl (C=O) groups is 2. The molecule has 0 radical (unpaired) electrons. The Bertz CT molecular complexity index is 771. The Morgan fingerprint density at radius 2 is 1.92 bits per heavy atom. The fraction of sp³-hybridized carbons (Fsp3) is 0.529. The fourth-order valence-electron chi connectivity index (χ4n) is 2.97. The van der Waals surface area contributed by atoms with Gasteiger partial charge in [0.05, 0.1) is 24.5 Å². The molecule has 0 saturated carbocycles. The van der Waals surface area contributed by atoms with E-state index in [9.17, 15) is 18.0 Å². The Kier molecular flexibility index (Phi) is 6.74. The van der Waals surface area contributed by atoms with Crippen LogP contribution >= 0.6 is 0 Å². The van der Waals surface area contributed by atoms with E-state index in [1.54, 1.807) is 19.1 Å². The van der Waals surface area contributed by atoms with Gasteiger partial charge in [-0.2, -0.15) is 0 Å². The maximum Gasteiger partial charge on any atom is 0.308 e. The molecule has 144 valence electrons. The van der Waals surface area contributed by atoms with Crippen LogP contribution in [-0.2, 0) is 24.3 Å². The van der Waals surface area contributed by atoms with Crippen LogP contribution < -0.4 is 10.0 Å². The van der Waals surface area contributed by atoms with Gasteiger partial charge in [-0.1, -0.05) is 6.07 Å². The van der Waals surface area contributed by atoms with Crippen LogP contribution in [0.3, 0.4) is 0 Å². The third kappa shape index (κ3) is 5.03. The van der Waals surface area contributed by atoms with Gasteiger partial charge >= 0.3 is 5.97 Å². The summed E-state index contributed by atoms with van der Waals surface area (Å²) in [5.74, 6) is -0.532. The highest BCUT2D eigenvalue weighted by Crippen LogP contribution is 2.21. The summed E-state index contributed by atoms with van der Waals surface area (Å²) in [7, 11) is -0.860. The molecule has 0 spiro atoms. The van der Waals surface area contributed by atoms with Crippen molar-refractivity contribution in [1.82, 2.24) is 9.62 Å². The lowest BCUT2D eigenvalue weighted by atomic mass is 9.97. The molecule has 26 heavy (non-hydrogen) atoms. The van der Waals surface area contributed by atoms with Crippen molar-refractivity contribution < 1.29 is 22.7 Å². The predicted molar refractivity (Wildman–Crippen MR) is 97.2 cm³/mol. The Labute approximate surface area is 153 Å². The van der Waals surface area contributed by atoms with Crippen molar-refractivity contribution >= 4 is 27.6 Å². The molecule has 2 rings (SSSR count). The number of sulfonamides is 1. The van der Waals surface area contributed by atoms with Crippen LogP contribution in [0.25, 0.3) is 0 Å². The lowest BCUT2D eigenvalue weighted by molar-refractivity contribution is -0.147. The minimum Gasteiger partial charge on any atom is -0.469 e. The van der Waals surface area contributed by atoms with Crippen LogP contribution in [0, 0.1) is 12.8 Å². The molecule has 1 amide bonds. The van der Waals surface area contributed by atoms with Crippen molar-refractivity contribution in [3.05, 3.63) is 23.8 Å². The maximum atomic E-state index is 12.3. The number of methoxy groups -OCH3 is 1. The van der Waals surface area contributed by atoms with Crippen molar-refractivity contribution in [1.29, 1.82) is 0 Å². The van der Waals surface area contributed by atoms with Crippen LogP contribution in [-0.4, -0.2) is 59.0 Å².